The lowest BCUT2D eigenvalue weighted by molar-refractivity contribution is -0.177. The number of ether oxygens (including phenoxy) is 10. The lowest BCUT2D eigenvalue weighted by Crippen LogP contribution is -2.49. The molecule has 0 spiro atoms. The van der Waals surface area contributed by atoms with E-state index in [4.69, 9.17) is 47.4 Å². The van der Waals surface area contributed by atoms with Crippen molar-refractivity contribution < 1.29 is 66.5 Å². The summed E-state index contributed by atoms with van der Waals surface area (Å²) in [5.41, 5.74) is 3.72. The van der Waals surface area contributed by atoms with Gasteiger partial charge in [0.1, 0.15) is 0 Å². The molecule has 2 atom stereocenters. The Balaban J connectivity index is 1.17. The van der Waals surface area contributed by atoms with Crippen LogP contribution in [0.15, 0.2) is 60.7 Å². The number of fused-ring (bicyclic) bond motifs is 2. The zero-order chi connectivity index (χ0) is 46.0. The number of carbonyl (C=O) groups is 4. The van der Waals surface area contributed by atoms with Gasteiger partial charge in [0.2, 0.25) is 0 Å². The third-order valence-electron chi connectivity index (χ3n) is 12.0. The van der Waals surface area contributed by atoms with Crippen LogP contribution in [0.2, 0.25) is 0 Å². The van der Waals surface area contributed by atoms with Gasteiger partial charge in [-0.3, -0.25) is 9.59 Å². The second-order valence-electron chi connectivity index (χ2n) is 15.5. The average molecular weight is 885 g/mol. The predicted octanol–water partition coefficient (Wildman–Crippen LogP) is 5.32. The first-order valence-corrected chi connectivity index (χ1v) is 20.8. The van der Waals surface area contributed by atoms with Crippen LogP contribution in [0.1, 0.15) is 59.1 Å². The van der Waals surface area contributed by atoms with E-state index in [-0.39, 0.29) is 25.7 Å². The maximum atomic E-state index is 13.4. The molecular weight excluding hydrogens is 829 g/mol. The summed E-state index contributed by atoms with van der Waals surface area (Å²) >= 11 is 0. The van der Waals surface area contributed by atoms with Crippen molar-refractivity contribution in [2.24, 2.45) is 0 Å². The zero-order valence-electron chi connectivity index (χ0n) is 37.6. The smallest absolute Gasteiger partial charge is 0.425 e. The molecule has 16 nitrogen and oxygen atoms in total. The molecule has 0 aliphatic carbocycles. The van der Waals surface area contributed by atoms with Crippen LogP contribution in [0, 0.1) is 0 Å². The number of methoxy groups -OCH3 is 8. The first-order chi connectivity index (χ1) is 30.9. The molecule has 0 saturated heterocycles. The molecule has 6 rings (SSSR count). The van der Waals surface area contributed by atoms with E-state index in [1.807, 2.05) is 48.5 Å². The van der Waals surface area contributed by atoms with Crippen molar-refractivity contribution in [1.82, 2.24) is 10.6 Å². The van der Waals surface area contributed by atoms with E-state index in [1.165, 1.54) is 0 Å². The summed E-state index contributed by atoms with van der Waals surface area (Å²) in [6.07, 6.45) is 1.87. The molecule has 0 unspecified atom stereocenters. The van der Waals surface area contributed by atoms with Crippen molar-refractivity contribution in [1.29, 1.82) is 0 Å². The Kier molecular flexibility index (Phi) is 15.2. The van der Waals surface area contributed by atoms with Crippen molar-refractivity contribution in [3.05, 3.63) is 94.0 Å². The molecule has 0 saturated carbocycles. The van der Waals surface area contributed by atoms with Crippen molar-refractivity contribution in [3.63, 3.8) is 0 Å². The molecule has 4 aromatic rings. The third kappa shape index (κ3) is 10.1. The molecule has 2 N–H and O–H groups in total. The Labute approximate surface area is 372 Å². The lowest BCUT2D eigenvalue weighted by atomic mass is 9.75. The van der Waals surface area contributed by atoms with Crippen LogP contribution in [-0.2, 0) is 65.4 Å². The van der Waals surface area contributed by atoms with Gasteiger partial charge < -0.3 is 58.0 Å². The van der Waals surface area contributed by atoms with Crippen molar-refractivity contribution >= 4 is 23.9 Å². The van der Waals surface area contributed by atoms with Gasteiger partial charge in [-0.25, -0.2) is 9.59 Å². The van der Waals surface area contributed by atoms with Crippen LogP contribution in [0.4, 0.5) is 0 Å². The largest absolute Gasteiger partial charge is 0.493 e. The predicted molar refractivity (Wildman–Crippen MR) is 233 cm³/mol. The summed E-state index contributed by atoms with van der Waals surface area (Å²) in [5, 5.41) is 7.22. The molecule has 2 heterocycles. The number of esters is 4. The Bertz CT molecular complexity index is 2200. The topological polar surface area (TPSA) is 185 Å². The minimum Gasteiger partial charge on any atom is -0.493 e. The number of rotatable bonds is 18. The zero-order valence-corrected chi connectivity index (χ0v) is 37.6. The van der Waals surface area contributed by atoms with Gasteiger partial charge >= 0.3 is 23.9 Å². The van der Waals surface area contributed by atoms with Gasteiger partial charge in [-0.15, -0.1) is 0 Å². The van der Waals surface area contributed by atoms with Gasteiger partial charge in [-0.05, 0) is 120 Å². The first-order valence-electron chi connectivity index (χ1n) is 20.8. The number of nitrogens with one attached hydrogen (secondary N) is 2. The Hall–Kier alpha value is -6.52. The third-order valence-corrected chi connectivity index (χ3v) is 12.0. The van der Waals surface area contributed by atoms with Crippen LogP contribution < -0.4 is 48.5 Å². The van der Waals surface area contributed by atoms with Gasteiger partial charge in [-0.2, -0.15) is 0 Å². The lowest BCUT2D eigenvalue weighted by Gasteiger charge is -2.41. The highest BCUT2D eigenvalue weighted by Gasteiger charge is 2.41. The minimum atomic E-state index is -1.60. The number of hydrogen-bond acceptors (Lipinski definition) is 16. The molecule has 4 aromatic carbocycles. The fraction of sp³-hybridized carbons (Fsp3) is 0.417. The molecule has 16 heteroatoms. The average Bonchev–Trinajstić information content (AvgIpc) is 3.31. The van der Waals surface area contributed by atoms with Gasteiger partial charge in [-0.1, -0.05) is 12.1 Å². The SMILES string of the molecule is COc1ccc(C[C@@]2(CCC(=O)OC(=O)C(=O)OC(=O)CC[C@]3(Cc4ccc(OC)c(OC)c4)NCCc4cc(OC)c(OC)cc43)NCCc3cc(OC)c(OC)cc32)cc1OC. The van der Waals surface area contributed by atoms with Crippen molar-refractivity contribution in [2.75, 3.05) is 70.0 Å². The van der Waals surface area contributed by atoms with Crippen molar-refractivity contribution in [2.45, 2.75) is 62.4 Å². The van der Waals surface area contributed by atoms with Crippen LogP contribution in [-0.4, -0.2) is 93.8 Å². The van der Waals surface area contributed by atoms with E-state index in [2.05, 4.69) is 10.6 Å². The van der Waals surface area contributed by atoms with E-state index >= 15 is 0 Å². The Morgan fingerprint density at radius 3 is 1.12 bits per heavy atom. The summed E-state index contributed by atoms with van der Waals surface area (Å²) in [4.78, 5) is 52.7. The fourth-order valence-electron chi connectivity index (χ4n) is 8.85. The summed E-state index contributed by atoms with van der Waals surface area (Å²) in [6, 6.07) is 18.7. The molecule has 2 aliphatic heterocycles. The highest BCUT2D eigenvalue weighted by atomic mass is 16.6. The molecule has 342 valence electrons. The quantitative estimate of drug-likeness (QED) is 0.0743. The number of benzene rings is 4. The number of carbonyl (C=O) groups excluding carboxylic acids is 4. The second kappa shape index (κ2) is 20.8. The van der Waals surface area contributed by atoms with E-state index in [1.54, 1.807) is 69.0 Å². The van der Waals surface area contributed by atoms with Gasteiger partial charge in [0.25, 0.3) is 0 Å². The summed E-state index contributed by atoms with van der Waals surface area (Å²) in [6.45, 7) is 1.13. The van der Waals surface area contributed by atoms with Crippen LogP contribution in [0.5, 0.6) is 46.0 Å². The van der Waals surface area contributed by atoms with Gasteiger partial charge in [0, 0.05) is 37.0 Å². The van der Waals surface area contributed by atoms with E-state index < -0.39 is 35.0 Å². The Morgan fingerprint density at radius 1 is 0.453 bits per heavy atom. The first kappa shape index (κ1) is 47.0. The molecule has 2 aliphatic rings. The van der Waals surface area contributed by atoms with Crippen LogP contribution in [0.25, 0.3) is 0 Å². The maximum Gasteiger partial charge on any atom is 0.425 e. The highest BCUT2D eigenvalue weighted by molar-refractivity contribution is 6.33. The van der Waals surface area contributed by atoms with Crippen molar-refractivity contribution in [3.8, 4) is 46.0 Å². The maximum absolute atomic E-state index is 13.4. The van der Waals surface area contributed by atoms with E-state index in [9.17, 15) is 19.2 Å². The summed E-state index contributed by atoms with van der Waals surface area (Å²) in [5.74, 6) is -0.841. The molecule has 0 aromatic heterocycles. The molecule has 64 heavy (non-hydrogen) atoms. The standard InChI is InChI=1S/C48H56N2O14/c1-55-35-11-9-29(21-37(35)57-3)27-47(33-25-41(61-7)39(59-5)23-31(33)15-19-49-47)17-13-43(51)63-45(53)46(54)64-44(52)14-18-48(28-30-10-12-36(56-2)38(22-30)58-4)34-26-42(62-8)40(60-6)24-32(34)16-20-50-48/h9-12,21-26,49-50H,13-20,27-28H2,1-8H3/t47-,48-/m1/s1. The number of hydrogen-bond donors (Lipinski definition) is 2. The molecule has 0 fully saturated rings. The highest BCUT2D eigenvalue weighted by Crippen LogP contribution is 2.44. The van der Waals surface area contributed by atoms with E-state index in [0.717, 1.165) is 33.4 Å². The normalized spacial score (nSPS) is 17.4. The van der Waals surface area contributed by atoms with E-state index in [0.29, 0.717) is 84.8 Å². The summed E-state index contributed by atoms with van der Waals surface area (Å²) < 4.78 is 54.5. The molecule has 0 bridgehead atoms. The molecular formula is C48H56N2O14. The minimum absolute atomic E-state index is 0.150. The molecule has 0 amide bonds. The van der Waals surface area contributed by atoms with Gasteiger partial charge in [0.15, 0.2) is 46.0 Å². The van der Waals surface area contributed by atoms with Crippen LogP contribution >= 0.6 is 0 Å². The fourth-order valence-corrected chi connectivity index (χ4v) is 8.85. The van der Waals surface area contributed by atoms with Crippen LogP contribution in [0.3, 0.4) is 0 Å². The summed E-state index contributed by atoms with van der Waals surface area (Å²) in [7, 11) is 12.4. The Morgan fingerprint density at radius 2 is 0.781 bits per heavy atom. The monoisotopic (exact) mass is 884 g/mol. The molecule has 0 radical (unpaired) electrons. The second-order valence-corrected chi connectivity index (χ2v) is 15.5. The van der Waals surface area contributed by atoms with Gasteiger partial charge in [0.05, 0.1) is 56.9 Å².